The first-order chi connectivity index (χ1) is 16.7. The summed E-state index contributed by atoms with van der Waals surface area (Å²) in [5, 5.41) is 21.7. The van der Waals surface area contributed by atoms with Crippen LogP contribution in [-0.2, 0) is 4.79 Å². The van der Waals surface area contributed by atoms with Crippen molar-refractivity contribution < 1.29 is 19.3 Å². The Kier molecular flexibility index (Phi) is 8.12. The number of rotatable bonds is 8. The quantitative estimate of drug-likeness (QED) is 0.285. The molecule has 2 atom stereocenters. The Morgan fingerprint density at radius 3 is 2.06 bits per heavy atom. The highest BCUT2D eigenvalue weighted by Crippen LogP contribution is 2.17. The number of nitrogens with one attached hydrogen (secondary N) is 4. The summed E-state index contributed by atoms with van der Waals surface area (Å²) >= 11 is 0. The summed E-state index contributed by atoms with van der Waals surface area (Å²) in [5.41, 5.74) is 1.93. The van der Waals surface area contributed by atoms with Crippen molar-refractivity contribution in [2.24, 2.45) is 0 Å². The first-order valence-corrected chi connectivity index (χ1v) is 10.8. The Morgan fingerprint density at radius 1 is 0.800 bits per heavy atom. The van der Waals surface area contributed by atoms with E-state index in [-0.39, 0.29) is 23.3 Å². The van der Waals surface area contributed by atoms with E-state index in [0.717, 1.165) is 11.6 Å². The standard InChI is InChI=1S/C25H25N5O5/c1-16(18-11-13-21(14-12-18)29-25(33)28-20-8-4-3-5-9-20)26-23(31)17(2)27-24(32)19-7-6-10-22(15-19)30(34)35/h3-17H,1-2H3,(H,26,31)(H,27,32)(H2,28,29,33). The van der Waals surface area contributed by atoms with Gasteiger partial charge in [0.2, 0.25) is 5.91 Å². The molecule has 0 fully saturated rings. The van der Waals surface area contributed by atoms with Crippen LogP contribution in [0.2, 0.25) is 0 Å². The zero-order valence-corrected chi connectivity index (χ0v) is 19.1. The minimum absolute atomic E-state index is 0.0892. The number of para-hydroxylation sites is 1. The van der Waals surface area contributed by atoms with Gasteiger partial charge in [0.15, 0.2) is 0 Å². The van der Waals surface area contributed by atoms with Gasteiger partial charge in [0.05, 0.1) is 11.0 Å². The van der Waals surface area contributed by atoms with Crippen molar-refractivity contribution in [3.63, 3.8) is 0 Å². The molecule has 10 heteroatoms. The third-order valence-electron chi connectivity index (χ3n) is 5.12. The van der Waals surface area contributed by atoms with Gasteiger partial charge in [0, 0.05) is 29.1 Å². The Morgan fingerprint density at radius 2 is 1.43 bits per heavy atom. The van der Waals surface area contributed by atoms with Gasteiger partial charge in [-0.15, -0.1) is 0 Å². The van der Waals surface area contributed by atoms with Crippen molar-refractivity contribution in [1.82, 2.24) is 10.6 Å². The van der Waals surface area contributed by atoms with Gasteiger partial charge in [-0.2, -0.15) is 0 Å². The Bertz CT molecular complexity index is 1210. The number of nitro groups is 1. The summed E-state index contributed by atoms with van der Waals surface area (Å²) in [5.74, 6) is -1.01. The molecule has 0 aromatic heterocycles. The number of benzene rings is 3. The SMILES string of the molecule is CC(NC(=O)c1cccc([N+](=O)[O-])c1)C(=O)NC(C)c1ccc(NC(=O)Nc2ccccc2)cc1. The van der Waals surface area contributed by atoms with Gasteiger partial charge in [-0.1, -0.05) is 36.4 Å². The number of anilines is 2. The molecule has 0 bridgehead atoms. The van der Waals surface area contributed by atoms with Crippen LogP contribution in [0.15, 0.2) is 78.9 Å². The second-order valence-corrected chi connectivity index (χ2v) is 7.80. The number of hydrogen-bond donors (Lipinski definition) is 4. The summed E-state index contributed by atoms with van der Waals surface area (Å²) in [6.45, 7) is 3.31. The fraction of sp³-hybridized carbons (Fsp3) is 0.160. The van der Waals surface area contributed by atoms with E-state index in [0.29, 0.717) is 11.4 Å². The molecule has 0 spiro atoms. The fourth-order valence-electron chi connectivity index (χ4n) is 3.20. The molecular weight excluding hydrogens is 450 g/mol. The molecule has 4 N–H and O–H groups in total. The van der Waals surface area contributed by atoms with E-state index in [1.165, 1.54) is 25.1 Å². The smallest absolute Gasteiger partial charge is 0.323 e. The lowest BCUT2D eigenvalue weighted by Crippen LogP contribution is -2.45. The van der Waals surface area contributed by atoms with Gasteiger partial charge >= 0.3 is 6.03 Å². The summed E-state index contributed by atoms with van der Waals surface area (Å²) in [6.07, 6.45) is 0. The number of nitrogens with zero attached hydrogens (tertiary/aromatic N) is 1. The van der Waals surface area contributed by atoms with Crippen LogP contribution in [-0.4, -0.2) is 28.8 Å². The average Bonchev–Trinajstić information content (AvgIpc) is 2.85. The Hall–Kier alpha value is -4.73. The third kappa shape index (κ3) is 7.13. The van der Waals surface area contributed by atoms with Crippen molar-refractivity contribution in [3.8, 4) is 0 Å². The third-order valence-corrected chi connectivity index (χ3v) is 5.12. The number of urea groups is 1. The minimum Gasteiger partial charge on any atom is -0.348 e. The van der Waals surface area contributed by atoms with E-state index < -0.39 is 22.8 Å². The van der Waals surface area contributed by atoms with Gasteiger partial charge in [0.1, 0.15) is 6.04 Å². The predicted molar refractivity (Wildman–Crippen MR) is 132 cm³/mol. The van der Waals surface area contributed by atoms with E-state index >= 15 is 0 Å². The van der Waals surface area contributed by atoms with E-state index in [2.05, 4.69) is 21.3 Å². The highest BCUT2D eigenvalue weighted by molar-refractivity contribution is 6.00. The molecule has 0 radical (unpaired) electrons. The lowest BCUT2D eigenvalue weighted by Gasteiger charge is -2.19. The molecule has 0 aliphatic rings. The maximum Gasteiger partial charge on any atom is 0.323 e. The number of carbonyl (C=O) groups is 3. The highest BCUT2D eigenvalue weighted by atomic mass is 16.6. The van der Waals surface area contributed by atoms with Crippen molar-refractivity contribution in [2.45, 2.75) is 25.9 Å². The average molecular weight is 476 g/mol. The van der Waals surface area contributed by atoms with E-state index in [4.69, 9.17) is 0 Å². The van der Waals surface area contributed by atoms with Gasteiger partial charge in [-0.3, -0.25) is 19.7 Å². The highest BCUT2D eigenvalue weighted by Gasteiger charge is 2.20. The normalized spacial score (nSPS) is 12.1. The molecule has 180 valence electrons. The molecule has 0 saturated heterocycles. The molecule has 0 aliphatic heterocycles. The maximum atomic E-state index is 12.6. The monoisotopic (exact) mass is 475 g/mol. The Labute approximate surface area is 201 Å². The van der Waals surface area contributed by atoms with Crippen LogP contribution in [0.1, 0.15) is 35.8 Å². The first kappa shape index (κ1) is 24.9. The molecule has 0 saturated carbocycles. The molecule has 4 amide bonds. The molecule has 0 heterocycles. The predicted octanol–water partition coefficient (Wildman–Crippen LogP) is 4.23. The van der Waals surface area contributed by atoms with E-state index in [1.807, 2.05) is 18.2 Å². The number of carbonyl (C=O) groups excluding carboxylic acids is 3. The van der Waals surface area contributed by atoms with Gasteiger partial charge in [0.25, 0.3) is 11.6 Å². The van der Waals surface area contributed by atoms with Crippen LogP contribution in [0.3, 0.4) is 0 Å². The second kappa shape index (κ2) is 11.4. The molecule has 2 unspecified atom stereocenters. The van der Waals surface area contributed by atoms with Gasteiger partial charge in [-0.05, 0) is 49.7 Å². The molecule has 0 aliphatic carbocycles. The lowest BCUT2D eigenvalue weighted by molar-refractivity contribution is -0.384. The van der Waals surface area contributed by atoms with Crippen LogP contribution >= 0.6 is 0 Å². The minimum atomic E-state index is -0.869. The van der Waals surface area contributed by atoms with Gasteiger partial charge < -0.3 is 21.3 Å². The molecular formula is C25H25N5O5. The second-order valence-electron chi connectivity index (χ2n) is 7.80. The molecule has 3 aromatic carbocycles. The molecule has 35 heavy (non-hydrogen) atoms. The van der Waals surface area contributed by atoms with E-state index in [1.54, 1.807) is 43.3 Å². The topological polar surface area (TPSA) is 142 Å². The zero-order valence-electron chi connectivity index (χ0n) is 19.1. The lowest BCUT2D eigenvalue weighted by atomic mass is 10.1. The maximum absolute atomic E-state index is 12.6. The van der Waals surface area contributed by atoms with Crippen LogP contribution in [0.25, 0.3) is 0 Å². The number of non-ortho nitro benzene ring substituents is 1. The number of hydrogen-bond acceptors (Lipinski definition) is 5. The summed E-state index contributed by atoms with van der Waals surface area (Å²) in [6, 6.07) is 19.7. The molecule has 3 rings (SSSR count). The van der Waals surface area contributed by atoms with Crippen LogP contribution in [0, 0.1) is 10.1 Å². The first-order valence-electron chi connectivity index (χ1n) is 10.8. The fourth-order valence-corrected chi connectivity index (χ4v) is 3.20. The largest absolute Gasteiger partial charge is 0.348 e. The summed E-state index contributed by atoms with van der Waals surface area (Å²) in [4.78, 5) is 47.4. The zero-order chi connectivity index (χ0) is 25.4. The Balaban J connectivity index is 1.52. The van der Waals surface area contributed by atoms with E-state index in [9.17, 15) is 24.5 Å². The van der Waals surface area contributed by atoms with Crippen LogP contribution in [0.5, 0.6) is 0 Å². The van der Waals surface area contributed by atoms with Crippen molar-refractivity contribution in [1.29, 1.82) is 0 Å². The molecule has 10 nitrogen and oxygen atoms in total. The number of amides is 4. The summed E-state index contributed by atoms with van der Waals surface area (Å²) in [7, 11) is 0. The van der Waals surface area contributed by atoms with Crippen molar-refractivity contribution >= 4 is 34.9 Å². The van der Waals surface area contributed by atoms with Crippen molar-refractivity contribution in [2.75, 3.05) is 10.6 Å². The number of nitro benzene ring substituents is 1. The summed E-state index contributed by atoms with van der Waals surface area (Å²) < 4.78 is 0. The van der Waals surface area contributed by atoms with Crippen LogP contribution in [0.4, 0.5) is 21.9 Å². The van der Waals surface area contributed by atoms with Crippen molar-refractivity contribution in [3.05, 3.63) is 100 Å². The molecule has 3 aromatic rings. The van der Waals surface area contributed by atoms with Crippen LogP contribution < -0.4 is 21.3 Å². The van der Waals surface area contributed by atoms with Gasteiger partial charge in [-0.25, -0.2) is 4.79 Å².